The summed E-state index contributed by atoms with van der Waals surface area (Å²) in [5, 5.41) is 27.2. The fourth-order valence-corrected chi connectivity index (χ4v) is 12.4. The summed E-state index contributed by atoms with van der Waals surface area (Å²) in [5.74, 6) is 2.46. The second kappa shape index (κ2) is 21.1. The largest absolute Gasteiger partial charge is 0.573 e. The van der Waals surface area contributed by atoms with Gasteiger partial charge in [-0.15, -0.1) is 26.3 Å². The molecule has 10 nitrogen and oxygen atoms in total. The van der Waals surface area contributed by atoms with Gasteiger partial charge in [-0.25, -0.2) is 9.97 Å². The first-order valence-electron chi connectivity index (χ1n) is 26.5. The van der Waals surface area contributed by atoms with Crippen LogP contribution in [0.25, 0.3) is 44.3 Å². The van der Waals surface area contributed by atoms with Crippen LogP contribution in [0.3, 0.4) is 0 Å². The predicted molar refractivity (Wildman–Crippen MR) is 297 cm³/mol. The van der Waals surface area contributed by atoms with Crippen LogP contribution in [0.4, 0.5) is 49.6 Å². The number of nitrogens with zero attached hydrogens (tertiary/aromatic N) is 4. The highest BCUT2D eigenvalue weighted by Crippen LogP contribution is 2.48. The molecule has 0 saturated heterocycles. The van der Waals surface area contributed by atoms with Crippen molar-refractivity contribution in [3.05, 3.63) is 131 Å². The molecular formula is C62H68F6N6O4. The molecule has 0 bridgehead atoms. The molecule has 16 heteroatoms. The first kappa shape index (κ1) is 55.4. The van der Waals surface area contributed by atoms with Crippen LogP contribution in [-0.4, -0.2) is 42.0 Å². The molecule has 0 amide bonds. The predicted octanol–water partition coefficient (Wildman–Crippen LogP) is 18.1. The summed E-state index contributed by atoms with van der Waals surface area (Å²) in [7, 11) is 0. The van der Waals surface area contributed by atoms with Crippen LogP contribution < -0.4 is 20.1 Å². The van der Waals surface area contributed by atoms with Crippen LogP contribution in [0, 0.1) is 50.4 Å². The monoisotopic (exact) mass is 1070 g/mol. The van der Waals surface area contributed by atoms with Crippen LogP contribution in [0.5, 0.6) is 23.0 Å². The minimum absolute atomic E-state index is 0.174. The Morgan fingerprint density at radius 1 is 0.487 bits per heavy atom. The highest BCUT2D eigenvalue weighted by atomic mass is 19.4. The third kappa shape index (κ3) is 12.8. The molecule has 2 aromatic heterocycles. The molecule has 2 aliphatic carbocycles. The van der Waals surface area contributed by atoms with Crippen LogP contribution in [0.2, 0.25) is 0 Å². The number of aryl methyl sites for hydroxylation is 4. The van der Waals surface area contributed by atoms with Crippen LogP contribution in [-0.2, 0) is 0 Å². The number of fused-ring (bicyclic) bond motifs is 2. The number of aromatic nitrogens is 4. The molecule has 0 unspecified atom stereocenters. The quantitative estimate of drug-likeness (QED) is 0.100. The SMILES string of the molecule is Cc1cc(-c2ccc3c(c2)nc(Nc2ccc(OC(F)(F)F)cc2)n3[C@@H]2C[C@H](C)CC(C)(C)C2)cc(C)c1O.Cc1cc(-c2ccc3c(c2)nc(Nc2ccc(OC(F)(F)F)cc2)n3[C@H]2C[C@@H](C)CC(C)(C)C2)cc(C)c1O. The summed E-state index contributed by atoms with van der Waals surface area (Å²) in [6.07, 6.45) is -3.14. The average Bonchev–Trinajstić information content (AvgIpc) is 4.13. The van der Waals surface area contributed by atoms with Gasteiger partial charge in [0.25, 0.3) is 0 Å². The third-order valence-corrected chi connectivity index (χ3v) is 15.2. The Morgan fingerprint density at radius 2 is 0.821 bits per heavy atom. The first-order valence-corrected chi connectivity index (χ1v) is 26.5. The number of hydrogen-bond donors (Lipinski definition) is 4. The highest BCUT2D eigenvalue weighted by Gasteiger charge is 2.37. The molecular weight excluding hydrogens is 1010 g/mol. The molecule has 4 atom stereocenters. The van der Waals surface area contributed by atoms with E-state index in [2.05, 4.69) is 107 Å². The maximum Gasteiger partial charge on any atom is 0.573 e. The van der Waals surface area contributed by atoms with Gasteiger partial charge in [0.05, 0.1) is 22.1 Å². The highest BCUT2D eigenvalue weighted by molar-refractivity contribution is 5.87. The van der Waals surface area contributed by atoms with E-state index >= 15 is 0 Å². The number of aromatic hydroxyl groups is 2. The molecule has 0 spiro atoms. The van der Waals surface area contributed by atoms with Crippen molar-refractivity contribution in [3.8, 4) is 45.3 Å². The standard InChI is InChI=1S/2C31H34F3N3O2/c2*1-18-12-24(17-30(4,5)16-18)37-27-11-6-21(22-13-19(2)28(38)20(3)14-22)15-26(27)36-29(37)35-23-7-9-25(10-8-23)39-31(32,33)34/h2*6-11,13-15,18,24,38H,12,16-17H2,1-5H3,(H,35,36)/t2*18-,24+/m10/s1. The number of hydrogen-bond acceptors (Lipinski definition) is 8. The van der Waals surface area contributed by atoms with E-state index in [0.717, 1.165) is 105 Å². The zero-order chi connectivity index (χ0) is 56.2. The van der Waals surface area contributed by atoms with Crippen LogP contribution >= 0.6 is 0 Å². The van der Waals surface area contributed by atoms with Gasteiger partial charge in [0, 0.05) is 23.5 Å². The number of halogens is 6. The van der Waals surface area contributed by atoms with Crippen molar-refractivity contribution in [2.24, 2.45) is 22.7 Å². The van der Waals surface area contributed by atoms with Gasteiger partial charge in [-0.2, -0.15) is 0 Å². The lowest BCUT2D eigenvalue weighted by Crippen LogP contribution is -2.29. The Morgan fingerprint density at radius 3 is 1.13 bits per heavy atom. The minimum Gasteiger partial charge on any atom is -0.507 e. The van der Waals surface area contributed by atoms with E-state index in [9.17, 15) is 36.6 Å². The zero-order valence-electron chi connectivity index (χ0n) is 45.7. The molecule has 2 heterocycles. The van der Waals surface area contributed by atoms with E-state index in [1.807, 2.05) is 52.0 Å². The van der Waals surface area contributed by atoms with Crippen molar-refractivity contribution in [1.29, 1.82) is 0 Å². The Kier molecular flexibility index (Phi) is 15.0. The van der Waals surface area contributed by atoms with Gasteiger partial charge in [0.2, 0.25) is 11.9 Å². The van der Waals surface area contributed by atoms with E-state index < -0.39 is 12.7 Å². The molecule has 4 N–H and O–H groups in total. The summed E-state index contributed by atoms with van der Waals surface area (Å²) in [6, 6.07) is 32.2. The number of rotatable bonds is 10. The number of benzene rings is 6. The lowest BCUT2D eigenvalue weighted by Gasteiger charge is -2.40. The molecule has 2 fully saturated rings. The number of imidazole rings is 2. The topological polar surface area (TPSA) is 119 Å². The fraction of sp³-hybridized carbons (Fsp3) is 0.387. The van der Waals surface area contributed by atoms with Crippen LogP contribution in [0.1, 0.15) is 114 Å². The van der Waals surface area contributed by atoms with Crippen molar-refractivity contribution < 1.29 is 46.0 Å². The summed E-state index contributed by atoms with van der Waals surface area (Å²) in [5.41, 5.74) is 12.5. The smallest absolute Gasteiger partial charge is 0.507 e. The van der Waals surface area contributed by atoms with E-state index in [0.29, 0.717) is 46.6 Å². The molecule has 0 aliphatic heterocycles. The Labute approximate surface area is 451 Å². The number of anilines is 4. The van der Waals surface area contributed by atoms with Gasteiger partial charge in [-0.1, -0.05) is 53.7 Å². The van der Waals surface area contributed by atoms with Crippen molar-refractivity contribution >= 4 is 45.3 Å². The van der Waals surface area contributed by atoms with Gasteiger partial charge in [-0.3, -0.25) is 0 Å². The van der Waals surface area contributed by atoms with Crippen molar-refractivity contribution in [1.82, 2.24) is 19.1 Å². The summed E-state index contributed by atoms with van der Waals surface area (Å²) < 4.78 is 88.2. The Hall–Kier alpha value is -7.36. The second-order valence-electron chi connectivity index (χ2n) is 23.5. The second-order valence-corrected chi connectivity index (χ2v) is 23.5. The van der Waals surface area contributed by atoms with Crippen molar-refractivity contribution in [2.75, 3.05) is 10.6 Å². The molecule has 78 heavy (non-hydrogen) atoms. The van der Waals surface area contributed by atoms with Crippen LogP contribution in [0.15, 0.2) is 109 Å². The van der Waals surface area contributed by atoms with Gasteiger partial charge >= 0.3 is 12.7 Å². The molecule has 2 saturated carbocycles. The molecule has 0 radical (unpaired) electrons. The third-order valence-electron chi connectivity index (χ3n) is 15.2. The summed E-state index contributed by atoms with van der Waals surface area (Å²) in [4.78, 5) is 9.96. The Bertz CT molecular complexity index is 3200. The van der Waals surface area contributed by atoms with Crippen molar-refractivity contribution in [3.63, 3.8) is 0 Å². The van der Waals surface area contributed by atoms with Gasteiger partial charge in [0.15, 0.2) is 0 Å². The number of ether oxygens (including phenoxy) is 2. The fourth-order valence-electron chi connectivity index (χ4n) is 12.4. The summed E-state index contributed by atoms with van der Waals surface area (Å²) >= 11 is 0. The maximum atomic E-state index is 12.6. The van der Waals surface area contributed by atoms with E-state index in [-0.39, 0.29) is 34.4 Å². The minimum atomic E-state index is -4.74. The number of nitrogens with one attached hydrogen (secondary N) is 2. The van der Waals surface area contributed by atoms with Gasteiger partial charge in [-0.05, 0) is 230 Å². The summed E-state index contributed by atoms with van der Waals surface area (Å²) in [6.45, 7) is 21.3. The van der Waals surface area contributed by atoms with E-state index in [4.69, 9.17) is 9.97 Å². The van der Waals surface area contributed by atoms with E-state index in [1.54, 1.807) is 24.3 Å². The zero-order valence-corrected chi connectivity index (χ0v) is 45.7. The molecule has 412 valence electrons. The Balaban J connectivity index is 0.000000190. The first-order chi connectivity index (χ1) is 36.6. The molecule has 6 aromatic carbocycles. The maximum absolute atomic E-state index is 12.6. The normalized spacial score (nSPS) is 19.3. The van der Waals surface area contributed by atoms with Crippen molar-refractivity contribution in [2.45, 2.75) is 133 Å². The number of phenolic OH excluding ortho intramolecular Hbond substituents is 2. The average molecular weight is 1080 g/mol. The number of phenols is 2. The molecule has 2 aliphatic rings. The molecule has 10 rings (SSSR count). The molecule has 8 aromatic rings. The lowest BCUT2D eigenvalue weighted by molar-refractivity contribution is -0.275. The lowest BCUT2D eigenvalue weighted by atomic mass is 9.70. The van der Waals surface area contributed by atoms with E-state index in [1.165, 1.54) is 24.3 Å². The number of alkyl halides is 6. The van der Waals surface area contributed by atoms with Gasteiger partial charge < -0.3 is 39.5 Å². The van der Waals surface area contributed by atoms with Gasteiger partial charge in [0.1, 0.15) is 23.0 Å².